The lowest BCUT2D eigenvalue weighted by atomic mass is 10.1. The van der Waals surface area contributed by atoms with Crippen LogP contribution in [0, 0.1) is 0 Å². The zero-order valence-electron chi connectivity index (χ0n) is 13.0. The van der Waals surface area contributed by atoms with Crippen LogP contribution >= 0.6 is 0 Å². The average molecular weight is 310 g/mol. The van der Waals surface area contributed by atoms with Crippen molar-refractivity contribution in [2.75, 3.05) is 19.6 Å². The van der Waals surface area contributed by atoms with Gasteiger partial charge in [-0.15, -0.1) is 0 Å². The maximum Gasteiger partial charge on any atom is 0.241 e. The van der Waals surface area contributed by atoms with Gasteiger partial charge in [0.2, 0.25) is 10.0 Å². The molecule has 4 nitrogen and oxygen atoms in total. The summed E-state index contributed by atoms with van der Waals surface area (Å²) in [6, 6.07) is 8.57. The van der Waals surface area contributed by atoms with Crippen LogP contribution in [-0.2, 0) is 10.0 Å². The van der Waals surface area contributed by atoms with E-state index in [1.165, 1.54) is 25.7 Å². The lowest BCUT2D eigenvalue weighted by Gasteiger charge is -2.32. The Labute approximate surface area is 128 Å². The van der Waals surface area contributed by atoms with E-state index < -0.39 is 15.6 Å². The van der Waals surface area contributed by atoms with Gasteiger partial charge in [-0.1, -0.05) is 31.0 Å². The zero-order valence-corrected chi connectivity index (χ0v) is 13.8. The van der Waals surface area contributed by atoms with Gasteiger partial charge in [0.1, 0.15) is 0 Å². The lowest BCUT2D eigenvalue weighted by molar-refractivity contribution is 0.223. The summed E-state index contributed by atoms with van der Waals surface area (Å²) in [4.78, 5) is 2.70. The molecular formula is C16H26N2O2S. The molecule has 0 aromatic heterocycles. The van der Waals surface area contributed by atoms with Gasteiger partial charge in [-0.05, 0) is 51.9 Å². The van der Waals surface area contributed by atoms with Crippen molar-refractivity contribution in [2.24, 2.45) is 0 Å². The van der Waals surface area contributed by atoms with E-state index in [2.05, 4.69) is 9.62 Å². The van der Waals surface area contributed by atoms with E-state index in [9.17, 15) is 8.42 Å². The highest BCUT2D eigenvalue weighted by Crippen LogP contribution is 2.16. The number of nitrogens with zero attached hydrogens (tertiary/aromatic N) is 1. The molecule has 1 aromatic rings. The van der Waals surface area contributed by atoms with Crippen molar-refractivity contribution in [3.05, 3.63) is 30.3 Å². The fourth-order valence-electron chi connectivity index (χ4n) is 2.91. The molecule has 0 spiro atoms. The van der Waals surface area contributed by atoms with Crippen LogP contribution in [0.25, 0.3) is 0 Å². The number of sulfonamides is 1. The van der Waals surface area contributed by atoms with Crippen LogP contribution in [0.3, 0.4) is 0 Å². The highest BCUT2D eigenvalue weighted by molar-refractivity contribution is 7.89. The molecule has 1 fully saturated rings. The number of likely N-dealkylation sites (tertiary alicyclic amines) is 1. The van der Waals surface area contributed by atoms with Gasteiger partial charge in [-0.3, -0.25) is 0 Å². The van der Waals surface area contributed by atoms with E-state index in [-0.39, 0.29) is 0 Å². The molecule has 118 valence electrons. The van der Waals surface area contributed by atoms with Crippen LogP contribution in [0.5, 0.6) is 0 Å². The van der Waals surface area contributed by atoms with Crippen molar-refractivity contribution in [3.63, 3.8) is 0 Å². The molecule has 1 aliphatic heterocycles. The van der Waals surface area contributed by atoms with E-state index in [1.807, 2.05) is 19.9 Å². The number of hydrogen-bond acceptors (Lipinski definition) is 3. The minimum Gasteiger partial charge on any atom is -0.301 e. The first-order valence-corrected chi connectivity index (χ1v) is 9.19. The summed E-state index contributed by atoms with van der Waals surface area (Å²) in [6.45, 7) is 6.79. The van der Waals surface area contributed by atoms with Crippen LogP contribution in [0.15, 0.2) is 35.2 Å². The summed E-state index contributed by atoms with van der Waals surface area (Å²) in [5.74, 6) is 0. The summed E-state index contributed by atoms with van der Waals surface area (Å²) < 4.78 is 27.7. The van der Waals surface area contributed by atoms with Gasteiger partial charge in [0.15, 0.2) is 0 Å². The predicted molar refractivity (Wildman–Crippen MR) is 85.8 cm³/mol. The van der Waals surface area contributed by atoms with Crippen molar-refractivity contribution in [1.82, 2.24) is 9.62 Å². The monoisotopic (exact) mass is 310 g/mol. The molecule has 5 heteroatoms. The highest BCUT2D eigenvalue weighted by atomic mass is 32.2. The molecule has 0 unspecified atom stereocenters. The summed E-state index contributed by atoms with van der Waals surface area (Å²) in [6.07, 6.45) is 4.99. The predicted octanol–water partition coefficient (Wildman–Crippen LogP) is 2.62. The van der Waals surface area contributed by atoms with Crippen molar-refractivity contribution < 1.29 is 8.42 Å². The normalized spacial score (nSPS) is 18.4. The Morgan fingerprint density at radius 3 is 2.19 bits per heavy atom. The summed E-state index contributed by atoms with van der Waals surface area (Å²) in [5.41, 5.74) is -0.473. The summed E-state index contributed by atoms with van der Waals surface area (Å²) in [5, 5.41) is 0. The summed E-state index contributed by atoms with van der Waals surface area (Å²) in [7, 11) is -3.45. The molecule has 1 aromatic carbocycles. The van der Waals surface area contributed by atoms with Crippen molar-refractivity contribution in [3.8, 4) is 0 Å². The molecule has 0 bridgehead atoms. The Kier molecular flexibility index (Phi) is 5.41. The SMILES string of the molecule is CC(C)(CN1CCCCCC1)NS(=O)(=O)c1ccccc1. The largest absolute Gasteiger partial charge is 0.301 e. The first-order chi connectivity index (χ1) is 9.89. The van der Waals surface area contributed by atoms with Gasteiger partial charge in [-0.25, -0.2) is 13.1 Å². The second kappa shape index (κ2) is 6.90. The molecule has 1 heterocycles. The maximum absolute atomic E-state index is 12.4. The van der Waals surface area contributed by atoms with E-state index in [1.54, 1.807) is 24.3 Å². The third-order valence-electron chi connectivity index (χ3n) is 3.78. The van der Waals surface area contributed by atoms with Crippen molar-refractivity contribution >= 4 is 10.0 Å². The lowest BCUT2D eigenvalue weighted by Crippen LogP contribution is -2.51. The molecular weight excluding hydrogens is 284 g/mol. The molecule has 0 radical (unpaired) electrons. The number of benzene rings is 1. The zero-order chi connectivity index (χ0) is 15.3. The summed E-state index contributed by atoms with van der Waals surface area (Å²) >= 11 is 0. The van der Waals surface area contributed by atoms with Crippen LogP contribution in [0.1, 0.15) is 39.5 Å². The second-order valence-electron chi connectivity index (χ2n) is 6.49. The number of hydrogen-bond donors (Lipinski definition) is 1. The van der Waals surface area contributed by atoms with Gasteiger partial charge in [0, 0.05) is 12.1 Å². The number of nitrogens with one attached hydrogen (secondary N) is 1. The molecule has 1 aliphatic rings. The van der Waals surface area contributed by atoms with Crippen LogP contribution in [0.4, 0.5) is 0 Å². The molecule has 2 rings (SSSR count). The van der Waals surface area contributed by atoms with Crippen LogP contribution < -0.4 is 4.72 Å². The third-order valence-corrected chi connectivity index (χ3v) is 5.50. The topological polar surface area (TPSA) is 49.4 Å². The standard InChI is InChI=1S/C16H26N2O2S/c1-16(2,14-18-12-8-3-4-9-13-18)17-21(19,20)15-10-6-5-7-11-15/h5-7,10-11,17H,3-4,8-9,12-14H2,1-2H3. The van der Waals surface area contributed by atoms with E-state index in [4.69, 9.17) is 0 Å². The first kappa shape index (κ1) is 16.5. The van der Waals surface area contributed by atoms with Crippen molar-refractivity contribution in [1.29, 1.82) is 0 Å². The van der Waals surface area contributed by atoms with Gasteiger partial charge in [0.25, 0.3) is 0 Å². The second-order valence-corrected chi connectivity index (χ2v) is 8.18. The van der Waals surface area contributed by atoms with Gasteiger partial charge in [0.05, 0.1) is 4.90 Å². The fraction of sp³-hybridized carbons (Fsp3) is 0.625. The molecule has 21 heavy (non-hydrogen) atoms. The first-order valence-electron chi connectivity index (χ1n) is 7.70. The average Bonchev–Trinajstić information content (AvgIpc) is 2.66. The Morgan fingerprint density at radius 2 is 1.62 bits per heavy atom. The van der Waals surface area contributed by atoms with Gasteiger partial charge >= 0.3 is 0 Å². The quantitative estimate of drug-likeness (QED) is 0.909. The van der Waals surface area contributed by atoms with E-state index in [0.29, 0.717) is 4.90 Å². The van der Waals surface area contributed by atoms with Gasteiger partial charge < -0.3 is 4.90 Å². The third kappa shape index (κ3) is 5.09. The molecule has 1 N–H and O–H groups in total. The fourth-order valence-corrected chi connectivity index (χ4v) is 4.33. The highest BCUT2D eigenvalue weighted by Gasteiger charge is 2.28. The molecule has 1 saturated heterocycles. The van der Waals surface area contributed by atoms with E-state index >= 15 is 0 Å². The minimum atomic E-state index is -3.45. The Balaban J connectivity index is 2.02. The molecule has 0 amide bonds. The smallest absolute Gasteiger partial charge is 0.241 e. The molecule has 0 saturated carbocycles. The number of rotatable bonds is 5. The van der Waals surface area contributed by atoms with Crippen LogP contribution in [-0.4, -0.2) is 38.5 Å². The van der Waals surface area contributed by atoms with E-state index in [0.717, 1.165) is 19.6 Å². The Morgan fingerprint density at radius 1 is 1.05 bits per heavy atom. The Hall–Kier alpha value is -0.910. The van der Waals surface area contributed by atoms with Crippen LogP contribution in [0.2, 0.25) is 0 Å². The molecule has 0 aliphatic carbocycles. The molecule has 0 atom stereocenters. The van der Waals surface area contributed by atoms with Crippen molar-refractivity contribution in [2.45, 2.75) is 50.0 Å². The van der Waals surface area contributed by atoms with Gasteiger partial charge in [-0.2, -0.15) is 0 Å². The Bertz CT molecular complexity index is 533. The maximum atomic E-state index is 12.4. The minimum absolute atomic E-state index is 0.328.